The van der Waals surface area contributed by atoms with Gasteiger partial charge in [-0.2, -0.15) is 5.26 Å². The fraction of sp³-hybridized carbons (Fsp3) is 0.400. The number of hydrogen-bond donors (Lipinski definition) is 0. The minimum absolute atomic E-state index is 0.00145. The highest BCUT2D eigenvalue weighted by molar-refractivity contribution is 6.17. The molecule has 1 rings (SSSR count). The molecule has 0 amide bonds. The van der Waals surface area contributed by atoms with Gasteiger partial charge in [0.1, 0.15) is 0 Å². The average Bonchev–Trinajstić information content (AvgIpc) is 2.16. The summed E-state index contributed by atoms with van der Waals surface area (Å²) in [5.41, 5.74) is 0.880. The molecular formula is C10H9ClF2N2. The number of rotatable bonds is 3. The van der Waals surface area contributed by atoms with Crippen molar-refractivity contribution in [3.8, 4) is 6.07 Å². The van der Waals surface area contributed by atoms with E-state index in [1.807, 2.05) is 6.07 Å². The zero-order chi connectivity index (χ0) is 11.4. The predicted molar refractivity (Wildman–Crippen MR) is 52.8 cm³/mol. The Morgan fingerprint density at radius 2 is 2.27 bits per heavy atom. The van der Waals surface area contributed by atoms with E-state index in [0.717, 1.165) is 0 Å². The quantitative estimate of drug-likeness (QED) is 0.748. The van der Waals surface area contributed by atoms with Gasteiger partial charge in [0, 0.05) is 17.1 Å². The summed E-state index contributed by atoms with van der Waals surface area (Å²) in [7, 11) is 0. The number of halogens is 3. The summed E-state index contributed by atoms with van der Waals surface area (Å²) in [6, 6.07) is 3.34. The molecule has 0 radical (unpaired) electrons. The van der Waals surface area contributed by atoms with Crippen LogP contribution < -0.4 is 0 Å². The van der Waals surface area contributed by atoms with Crippen LogP contribution in [0, 0.1) is 18.3 Å². The average molecular weight is 231 g/mol. The molecule has 2 nitrogen and oxygen atoms in total. The van der Waals surface area contributed by atoms with Gasteiger partial charge in [0.05, 0.1) is 18.2 Å². The molecule has 1 aromatic rings. The predicted octanol–water partition coefficient (Wildman–Crippen LogP) is 3.13. The number of aryl methyl sites for hydroxylation is 1. The Hall–Kier alpha value is -1.21. The van der Waals surface area contributed by atoms with E-state index in [1.54, 1.807) is 6.92 Å². The fourth-order valence-electron chi connectivity index (χ4n) is 1.41. The number of alkyl halides is 3. The summed E-state index contributed by atoms with van der Waals surface area (Å²) >= 11 is 5.58. The van der Waals surface area contributed by atoms with Gasteiger partial charge in [-0.1, -0.05) is 0 Å². The molecule has 80 valence electrons. The van der Waals surface area contributed by atoms with Crippen LogP contribution in [-0.4, -0.2) is 4.98 Å². The Morgan fingerprint density at radius 3 is 2.73 bits per heavy atom. The van der Waals surface area contributed by atoms with E-state index in [9.17, 15) is 8.78 Å². The van der Waals surface area contributed by atoms with Crippen LogP contribution in [0.25, 0.3) is 0 Å². The monoisotopic (exact) mass is 230 g/mol. The summed E-state index contributed by atoms with van der Waals surface area (Å²) in [4.78, 5) is 3.93. The van der Waals surface area contributed by atoms with Crippen molar-refractivity contribution in [2.75, 3.05) is 0 Å². The van der Waals surface area contributed by atoms with Crippen LogP contribution in [0.15, 0.2) is 6.07 Å². The van der Waals surface area contributed by atoms with Crippen LogP contribution >= 0.6 is 11.6 Å². The lowest BCUT2D eigenvalue weighted by atomic mass is 10.0. The molecule has 0 fully saturated rings. The normalized spacial score (nSPS) is 10.4. The van der Waals surface area contributed by atoms with Crippen molar-refractivity contribution in [3.05, 3.63) is 28.6 Å². The van der Waals surface area contributed by atoms with Crippen LogP contribution in [0.2, 0.25) is 0 Å². The molecular weight excluding hydrogens is 222 g/mol. The molecule has 0 unspecified atom stereocenters. The smallest absolute Gasteiger partial charge is 0.257 e. The minimum Gasteiger partial charge on any atom is -0.257 e. The molecule has 15 heavy (non-hydrogen) atoms. The van der Waals surface area contributed by atoms with Crippen LogP contribution in [-0.2, 0) is 12.3 Å². The highest BCUT2D eigenvalue weighted by Crippen LogP contribution is 2.27. The zero-order valence-corrected chi connectivity index (χ0v) is 8.85. The van der Waals surface area contributed by atoms with Crippen molar-refractivity contribution >= 4 is 11.6 Å². The van der Waals surface area contributed by atoms with Gasteiger partial charge in [-0.15, -0.1) is 11.6 Å². The first-order valence-corrected chi connectivity index (χ1v) is 4.84. The van der Waals surface area contributed by atoms with Crippen molar-refractivity contribution in [2.24, 2.45) is 0 Å². The Labute approximate surface area is 91.5 Å². The summed E-state index contributed by atoms with van der Waals surface area (Å²) in [5.74, 6) is 0.00145. The molecule has 0 aliphatic rings. The van der Waals surface area contributed by atoms with Crippen LogP contribution in [0.1, 0.15) is 28.9 Å². The standard InChI is InChI=1S/C10H9ClF2N2/c1-6-4-7(5-11)9(10(12)13)8(15-6)2-3-14/h4,10H,2,5H2,1H3. The van der Waals surface area contributed by atoms with Crippen molar-refractivity contribution in [1.82, 2.24) is 4.98 Å². The van der Waals surface area contributed by atoms with Crippen LogP contribution in [0.5, 0.6) is 0 Å². The van der Waals surface area contributed by atoms with E-state index in [1.165, 1.54) is 6.07 Å². The lowest BCUT2D eigenvalue weighted by Crippen LogP contribution is -2.04. The first kappa shape index (κ1) is 11.9. The van der Waals surface area contributed by atoms with Gasteiger partial charge in [0.15, 0.2) is 0 Å². The molecule has 0 aromatic carbocycles. The third-order valence-corrected chi connectivity index (χ3v) is 2.25. The van der Waals surface area contributed by atoms with Crippen LogP contribution in [0.4, 0.5) is 8.78 Å². The second-order valence-electron chi connectivity index (χ2n) is 3.05. The van der Waals surface area contributed by atoms with Gasteiger partial charge >= 0.3 is 0 Å². The van der Waals surface area contributed by atoms with Gasteiger partial charge in [0.25, 0.3) is 6.43 Å². The third kappa shape index (κ3) is 2.63. The molecule has 0 aliphatic heterocycles. The Morgan fingerprint density at radius 1 is 1.60 bits per heavy atom. The fourth-order valence-corrected chi connectivity index (χ4v) is 1.63. The number of aromatic nitrogens is 1. The minimum atomic E-state index is -2.64. The summed E-state index contributed by atoms with van der Waals surface area (Å²) < 4.78 is 25.4. The second-order valence-corrected chi connectivity index (χ2v) is 3.32. The maximum Gasteiger partial charge on any atom is 0.265 e. The Balaban J connectivity index is 3.34. The highest BCUT2D eigenvalue weighted by atomic mass is 35.5. The first-order valence-electron chi connectivity index (χ1n) is 4.30. The second kappa shape index (κ2) is 5.04. The third-order valence-electron chi connectivity index (χ3n) is 1.96. The lowest BCUT2D eigenvalue weighted by Gasteiger charge is -2.11. The van der Waals surface area contributed by atoms with Gasteiger partial charge in [-0.05, 0) is 18.6 Å². The van der Waals surface area contributed by atoms with Crippen molar-refractivity contribution < 1.29 is 8.78 Å². The van der Waals surface area contributed by atoms with Crippen molar-refractivity contribution in [2.45, 2.75) is 25.7 Å². The van der Waals surface area contributed by atoms with E-state index < -0.39 is 6.43 Å². The van der Waals surface area contributed by atoms with Crippen LogP contribution in [0.3, 0.4) is 0 Å². The van der Waals surface area contributed by atoms with E-state index in [-0.39, 0.29) is 23.6 Å². The number of pyridine rings is 1. The maximum absolute atomic E-state index is 12.7. The molecule has 0 atom stereocenters. The molecule has 0 bridgehead atoms. The molecule has 0 saturated heterocycles. The molecule has 5 heteroatoms. The Bertz CT molecular complexity index is 399. The molecule has 0 aliphatic carbocycles. The number of nitriles is 1. The van der Waals surface area contributed by atoms with E-state index in [0.29, 0.717) is 11.3 Å². The molecule has 0 saturated carbocycles. The zero-order valence-electron chi connectivity index (χ0n) is 8.10. The van der Waals surface area contributed by atoms with Gasteiger partial charge < -0.3 is 0 Å². The van der Waals surface area contributed by atoms with Crippen molar-refractivity contribution in [3.63, 3.8) is 0 Å². The topological polar surface area (TPSA) is 36.7 Å². The molecule has 0 N–H and O–H groups in total. The van der Waals surface area contributed by atoms with E-state index in [2.05, 4.69) is 4.98 Å². The molecule has 1 aromatic heterocycles. The molecule has 1 heterocycles. The Kier molecular flexibility index (Phi) is 3.98. The van der Waals surface area contributed by atoms with Gasteiger partial charge in [-0.3, -0.25) is 4.98 Å². The van der Waals surface area contributed by atoms with E-state index >= 15 is 0 Å². The van der Waals surface area contributed by atoms with Gasteiger partial charge in [-0.25, -0.2) is 8.78 Å². The highest BCUT2D eigenvalue weighted by Gasteiger charge is 2.19. The summed E-state index contributed by atoms with van der Waals surface area (Å²) in [5, 5.41) is 8.51. The SMILES string of the molecule is Cc1cc(CCl)c(C(F)F)c(CC#N)n1. The van der Waals surface area contributed by atoms with Crippen molar-refractivity contribution in [1.29, 1.82) is 5.26 Å². The van der Waals surface area contributed by atoms with E-state index in [4.69, 9.17) is 16.9 Å². The lowest BCUT2D eigenvalue weighted by molar-refractivity contribution is 0.149. The summed E-state index contributed by atoms with van der Waals surface area (Å²) in [6.45, 7) is 1.69. The first-order chi connectivity index (χ1) is 7.10. The van der Waals surface area contributed by atoms with Gasteiger partial charge in [0.2, 0.25) is 0 Å². The number of hydrogen-bond acceptors (Lipinski definition) is 2. The largest absolute Gasteiger partial charge is 0.265 e. The maximum atomic E-state index is 12.7. The summed E-state index contributed by atoms with van der Waals surface area (Å²) in [6.07, 6.45) is -2.76. The number of nitrogens with zero attached hydrogens (tertiary/aromatic N) is 2. The molecule has 0 spiro atoms.